The van der Waals surface area contributed by atoms with Crippen molar-refractivity contribution in [2.75, 3.05) is 32.8 Å². The second-order valence-corrected chi connectivity index (χ2v) is 6.57. The van der Waals surface area contributed by atoms with Gasteiger partial charge in [-0.3, -0.25) is 19.3 Å². The summed E-state index contributed by atoms with van der Waals surface area (Å²) in [5.74, 6) is -0.510. The van der Waals surface area contributed by atoms with Crippen LogP contribution >= 0.6 is 0 Å². The number of carbonyl (C=O) groups is 3. The van der Waals surface area contributed by atoms with Gasteiger partial charge in [0.25, 0.3) is 11.8 Å². The number of carbonyl (C=O) groups excluding carboxylic acids is 3. The first-order valence-electron chi connectivity index (χ1n) is 8.90. The zero-order chi connectivity index (χ0) is 18.1. The third kappa shape index (κ3) is 2.86. The molecule has 0 aromatic heterocycles. The van der Waals surface area contributed by atoms with Crippen molar-refractivity contribution in [1.29, 1.82) is 0 Å². The Balaban J connectivity index is 1.47. The van der Waals surface area contributed by atoms with E-state index in [1.807, 2.05) is 24.3 Å². The zero-order valence-electron chi connectivity index (χ0n) is 14.4. The van der Waals surface area contributed by atoms with Gasteiger partial charge >= 0.3 is 0 Å². The molecule has 26 heavy (non-hydrogen) atoms. The van der Waals surface area contributed by atoms with Gasteiger partial charge in [0.05, 0.1) is 13.2 Å². The lowest BCUT2D eigenvalue weighted by Crippen LogP contribution is -2.42. The summed E-state index contributed by atoms with van der Waals surface area (Å²) in [4.78, 5) is 40.9. The van der Waals surface area contributed by atoms with Crippen molar-refractivity contribution >= 4 is 28.5 Å². The molecule has 2 aromatic carbocycles. The average molecular weight is 352 g/mol. The minimum Gasteiger partial charge on any atom is -0.378 e. The SMILES string of the molecule is O=C(CCCN1C(=O)c2cccc3cccc(c23)C1=O)N1CCOCC1. The summed E-state index contributed by atoms with van der Waals surface area (Å²) in [5, 5.41) is 1.62. The summed E-state index contributed by atoms with van der Waals surface area (Å²) in [7, 11) is 0. The summed E-state index contributed by atoms with van der Waals surface area (Å²) < 4.78 is 5.25. The first-order chi connectivity index (χ1) is 12.7. The van der Waals surface area contributed by atoms with Gasteiger partial charge in [-0.15, -0.1) is 0 Å². The van der Waals surface area contributed by atoms with Gasteiger partial charge in [-0.2, -0.15) is 0 Å². The minimum atomic E-state index is -0.280. The lowest BCUT2D eigenvalue weighted by molar-refractivity contribution is -0.135. The van der Waals surface area contributed by atoms with Crippen molar-refractivity contribution in [1.82, 2.24) is 9.80 Å². The minimum absolute atomic E-state index is 0.0488. The Hall–Kier alpha value is -2.73. The fourth-order valence-corrected chi connectivity index (χ4v) is 3.64. The van der Waals surface area contributed by atoms with Crippen molar-refractivity contribution in [3.63, 3.8) is 0 Å². The zero-order valence-corrected chi connectivity index (χ0v) is 14.4. The molecule has 2 aliphatic rings. The molecule has 0 radical (unpaired) electrons. The Labute approximate surface area is 151 Å². The number of rotatable bonds is 4. The molecule has 0 unspecified atom stereocenters. The van der Waals surface area contributed by atoms with Crippen molar-refractivity contribution in [2.45, 2.75) is 12.8 Å². The van der Waals surface area contributed by atoms with Gasteiger partial charge in [0, 0.05) is 42.6 Å². The van der Waals surface area contributed by atoms with Crippen LogP contribution in [0.4, 0.5) is 0 Å². The third-order valence-corrected chi connectivity index (χ3v) is 4.99. The van der Waals surface area contributed by atoms with Crippen molar-refractivity contribution in [2.24, 2.45) is 0 Å². The number of hydrogen-bond donors (Lipinski definition) is 0. The van der Waals surface area contributed by atoms with Crippen LogP contribution in [-0.4, -0.2) is 60.4 Å². The highest BCUT2D eigenvalue weighted by molar-refractivity contribution is 6.25. The van der Waals surface area contributed by atoms with E-state index in [2.05, 4.69) is 0 Å². The number of nitrogens with zero attached hydrogens (tertiary/aromatic N) is 2. The van der Waals surface area contributed by atoms with Gasteiger partial charge in [0.1, 0.15) is 0 Å². The van der Waals surface area contributed by atoms with E-state index < -0.39 is 0 Å². The molecule has 0 bridgehead atoms. The van der Waals surface area contributed by atoms with Gasteiger partial charge in [-0.05, 0) is 23.9 Å². The predicted molar refractivity (Wildman–Crippen MR) is 95.9 cm³/mol. The van der Waals surface area contributed by atoms with Crippen LogP contribution in [0.15, 0.2) is 36.4 Å². The van der Waals surface area contributed by atoms with Crippen LogP contribution in [0.25, 0.3) is 10.8 Å². The summed E-state index contributed by atoms with van der Waals surface area (Å²) in [5.41, 5.74) is 1.11. The molecule has 2 aromatic rings. The average Bonchev–Trinajstić information content (AvgIpc) is 2.69. The van der Waals surface area contributed by atoms with Crippen LogP contribution in [0.5, 0.6) is 0 Å². The largest absolute Gasteiger partial charge is 0.378 e. The Morgan fingerprint density at radius 2 is 1.58 bits per heavy atom. The molecule has 0 spiro atoms. The van der Waals surface area contributed by atoms with Gasteiger partial charge < -0.3 is 9.64 Å². The Morgan fingerprint density at radius 3 is 2.19 bits per heavy atom. The molecule has 3 amide bonds. The summed E-state index contributed by atoms with van der Waals surface area (Å²) in [6, 6.07) is 11.0. The van der Waals surface area contributed by atoms with Crippen LogP contribution < -0.4 is 0 Å². The van der Waals surface area contributed by atoms with E-state index in [9.17, 15) is 14.4 Å². The molecule has 6 heteroatoms. The highest BCUT2D eigenvalue weighted by Crippen LogP contribution is 2.30. The maximum absolute atomic E-state index is 12.8. The first kappa shape index (κ1) is 16.7. The molecule has 2 heterocycles. The quantitative estimate of drug-likeness (QED) is 0.790. The van der Waals surface area contributed by atoms with Crippen LogP contribution in [0.2, 0.25) is 0 Å². The van der Waals surface area contributed by atoms with Crippen LogP contribution in [0.1, 0.15) is 33.6 Å². The maximum atomic E-state index is 12.8. The molecule has 4 rings (SSSR count). The Kier molecular flexibility index (Phi) is 4.42. The Bertz CT molecular complexity index is 836. The summed E-state index contributed by atoms with van der Waals surface area (Å²) in [6.45, 7) is 2.59. The molecule has 0 N–H and O–H groups in total. The number of benzene rings is 2. The van der Waals surface area contributed by atoms with E-state index in [0.29, 0.717) is 50.3 Å². The van der Waals surface area contributed by atoms with E-state index in [1.165, 1.54) is 4.90 Å². The van der Waals surface area contributed by atoms with Crippen molar-refractivity contribution in [3.05, 3.63) is 47.5 Å². The molecule has 2 aliphatic heterocycles. The van der Waals surface area contributed by atoms with Crippen LogP contribution in [0, 0.1) is 0 Å². The molecule has 6 nitrogen and oxygen atoms in total. The van der Waals surface area contributed by atoms with Gasteiger partial charge in [0.2, 0.25) is 5.91 Å². The van der Waals surface area contributed by atoms with E-state index in [4.69, 9.17) is 4.74 Å². The molecule has 0 atom stereocenters. The van der Waals surface area contributed by atoms with Crippen molar-refractivity contribution < 1.29 is 19.1 Å². The molecular formula is C20H20N2O4. The van der Waals surface area contributed by atoms with Crippen LogP contribution in [0.3, 0.4) is 0 Å². The number of hydrogen-bond acceptors (Lipinski definition) is 4. The smallest absolute Gasteiger partial charge is 0.261 e. The van der Waals surface area contributed by atoms with Crippen molar-refractivity contribution in [3.8, 4) is 0 Å². The fourth-order valence-electron chi connectivity index (χ4n) is 3.64. The van der Waals surface area contributed by atoms with E-state index in [1.54, 1.807) is 17.0 Å². The molecule has 1 fully saturated rings. The predicted octanol–water partition coefficient (Wildman–Crippen LogP) is 2.07. The maximum Gasteiger partial charge on any atom is 0.261 e. The molecule has 134 valence electrons. The summed E-state index contributed by atoms with van der Waals surface area (Å²) in [6.07, 6.45) is 0.786. The second kappa shape index (κ2) is 6.88. The van der Waals surface area contributed by atoms with E-state index in [0.717, 1.165) is 10.8 Å². The normalized spacial score (nSPS) is 17.1. The molecular weight excluding hydrogens is 332 g/mol. The lowest BCUT2D eigenvalue weighted by Gasteiger charge is -2.28. The topological polar surface area (TPSA) is 66.9 Å². The number of amides is 3. The van der Waals surface area contributed by atoms with E-state index in [-0.39, 0.29) is 24.3 Å². The van der Waals surface area contributed by atoms with E-state index >= 15 is 0 Å². The van der Waals surface area contributed by atoms with Gasteiger partial charge in [-0.25, -0.2) is 0 Å². The lowest BCUT2D eigenvalue weighted by atomic mass is 9.94. The standard InChI is InChI=1S/C20H20N2O4/c23-17(21-10-12-26-13-11-21)8-3-9-22-19(24)15-6-1-4-14-5-2-7-16(18(14)15)20(22)25/h1-2,4-7H,3,8-13H2. The second-order valence-electron chi connectivity index (χ2n) is 6.57. The highest BCUT2D eigenvalue weighted by atomic mass is 16.5. The van der Waals surface area contributed by atoms with Crippen LogP contribution in [-0.2, 0) is 9.53 Å². The monoisotopic (exact) mass is 352 g/mol. The summed E-state index contributed by atoms with van der Waals surface area (Å²) >= 11 is 0. The van der Waals surface area contributed by atoms with Gasteiger partial charge in [-0.1, -0.05) is 24.3 Å². The molecule has 1 saturated heterocycles. The number of morpholine rings is 1. The first-order valence-corrected chi connectivity index (χ1v) is 8.90. The number of ether oxygens (including phenoxy) is 1. The highest BCUT2D eigenvalue weighted by Gasteiger charge is 2.32. The number of imide groups is 1. The van der Waals surface area contributed by atoms with Gasteiger partial charge in [0.15, 0.2) is 0 Å². The molecule has 0 saturated carbocycles. The molecule has 0 aliphatic carbocycles. The fraction of sp³-hybridized carbons (Fsp3) is 0.350. The Morgan fingerprint density at radius 1 is 0.962 bits per heavy atom. The third-order valence-electron chi connectivity index (χ3n) is 4.99.